The summed E-state index contributed by atoms with van der Waals surface area (Å²) in [5.74, 6) is 0.413. The molecule has 5 heteroatoms. The van der Waals surface area contributed by atoms with Gasteiger partial charge in [-0.05, 0) is 31.2 Å². The van der Waals surface area contributed by atoms with E-state index in [0.717, 1.165) is 36.4 Å². The molecule has 1 fully saturated rings. The number of carbonyl (C=O) groups is 1. The number of nitrogens with zero attached hydrogens (tertiary/aromatic N) is 1. The summed E-state index contributed by atoms with van der Waals surface area (Å²) in [4.78, 5) is 14.2. The lowest BCUT2D eigenvalue weighted by Crippen LogP contribution is -2.33. The number of carboxylic acid groups (broad SMARTS) is 1. The Balaban J connectivity index is 1.76. The number of carboxylic acids is 1. The van der Waals surface area contributed by atoms with E-state index in [4.69, 9.17) is 9.47 Å². The second-order valence-corrected chi connectivity index (χ2v) is 6.94. The van der Waals surface area contributed by atoms with Crippen molar-refractivity contribution in [1.82, 2.24) is 4.90 Å². The molecule has 0 aliphatic carbocycles. The van der Waals surface area contributed by atoms with Crippen LogP contribution >= 0.6 is 0 Å². The Hall–Kier alpha value is -1.75. The van der Waals surface area contributed by atoms with E-state index >= 15 is 0 Å². The van der Waals surface area contributed by atoms with Crippen molar-refractivity contribution in [3.8, 4) is 11.5 Å². The molecule has 132 valence electrons. The van der Waals surface area contributed by atoms with Crippen molar-refractivity contribution in [2.75, 3.05) is 20.4 Å². The van der Waals surface area contributed by atoms with Gasteiger partial charge in [0.05, 0.1) is 5.92 Å². The van der Waals surface area contributed by atoms with Gasteiger partial charge in [0.2, 0.25) is 6.79 Å². The van der Waals surface area contributed by atoms with Gasteiger partial charge >= 0.3 is 5.97 Å². The number of unbranched alkanes of at least 4 members (excludes halogenated alkanes) is 3. The molecule has 3 rings (SSSR count). The van der Waals surface area contributed by atoms with Crippen LogP contribution in [0, 0.1) is 5.92 Å². The van der Waals surface area contributed by atoms with Crippen molar-refractivity contribution in [3.63, 3.8) is 0 Å². The molecule has 3 atom stereocenters. The molecule has 2 aliphatic heterocycles. The number of rotatable bonds is 7. The highest BCUT2D eigenvalue weighted by Crippen LogP contribution is 2.42. The van der Waals surface area contributed by atoms with Crippen LogP contribution in [0.5, 0.6) is 11.5 Å². The lowest BCUT2D eigenvalue weighted by atomic mass is 9.83. The molecule has 1 aromatic rings. The molecule has 1 N–H and O–H groups in total. The molecular formula is C19H27NO4. The normalized spacial score (nSPS) is 26.0. The molecule has 0 saturated carbocycles. The first-order valence-corrected chi connectivity index (χ1v) is 8.94. The largest absolute Gasteiger partial charge is 0.481 e. The van der Waals surface area contributed by atoms with Gasteiger partial charge < -0.3 is 19.5 Å². The molecule has 5 nitrogen and oxygen atoms in total. The van der Waals surface area contributed by atoms with E-state index in [1.807, 2.05) is 25.2 Å². The summed E-state index contributed by atoms with van der Waals surface area (Å²) in [7, 11) is 2.05. The number of likely N-dealkylation sites (tertiary alicyclic amines) is 1. The average Bonchev–Trinajstić information content (AvgIpc) is 3.15. The Labute approximate surface area is 143 Å². The standard InChI is InChI=1S/C19H27NO4/c1-3-4-5-6-7-15-18(19(21)22)14(11-20(15)2)13-8-9-16-17(10-13)24-12-23-16/h8-10,14-15,18H,3-7,11-12H2,1-2H3,(H,21,22). The van der Waals surface area contributed by atoms with Gasteiger partial charge in [-0.1, -0.05) is 38.7 Å². The third-order valence-corrected chi connectivity index (χ3v) is 5.36. The van der Waals surface area contributed by atoms with Crippen molar-refractivity contribution in [2.45, 2.75) is 51.0 Å². The molecule has 2 aliphatic rings. The van der Waals surface area contributed by atoms with Gasteiger partial charge in [0.15, 0.2) is 11.5 Å². The van der Waals surface area contributed by atoms with E-state index in [9.17, 15) is 9.90 Å². The van der Waals surface area contributed by atoms with E-state index in [-0.39, 0.29) is 24.7 Å². The van der Waals surface area contributed by atoms with E-state index in [1.165, 1.54) is 19.3 Å². The summed E-state index contributed by atoms with van der Waals surface area (Å²) < 4.78 is 10.8. The molecule has 1 saturated heterocycles. The number of hydrogen-bond acceptors (Lipinski definition) is 4. The second kappa shape index (κ2) is 7.43. The summed E-state index contributed by atoms with van der Waals surface area (Å²) in [6, 6.07) is 5.94. The van der Waals surface area contributed by atoms with Gasteiger partial charge in [-0.25, -0.2) is 0 Å². The van der Waals surface area contributed by atoms with Crippen molar-refractivity contribution in [1.29, 1.82) is 0 Å². The lowest BCUT2D eigenvalue weighted by Gasteiger charge is -2.23. The maximum absolute atomic E-state index is 12.0. The van der Waals surface area contributed by atoms with Gasteiger partial charge in [-0.15, -0.1) is 0 Å². The number of ether oxygens (including phenoxy) is 2. The molecule has 1 aromatic carbocycles. The number of fused-ring (bicyclic) bond motifs is 1. The van der Waals surface area contributed by atoms with E-state index in [2.05, 4.69) is 11.8 Å². The van der Waals surface area contributed by atoms with Gasteiger partial charge in [-0.2, -0.15) is 0 Å². The molecule has 0 spiro atoms. The minimum atomic E-state index is -0.692. The Bertz CT molecular complexity index is 589. The van der Waals surface area contributed by atoms with Crippen LogP contribution in [-0.4, -0.2) is 42.4 Å². The lowest BCUT2D eigenvalue weighted by molar-refractivity contribution is -0.143. The third-order valence-electron chi connectivity index (χ3n) is 5.36. The first-order chi connectivity index (χ1) is 11.6. The second-order valence-electron chi connectivity index (χ2n) is 6.94. The smallest absolute Gasteiger partial charge is 0.308 e. The molecule has 0 radical (unpaired) electrons. The molecular weight excluding hydrogens is 306 g/mol. The topological polar surface area (TPSA) is 59.0 Å². The van der Waals surface area contributed by atoms with E-state index < -0.39 is 5.97 Å². The van der Waals surface area contributed by atoms with Crippen molar-refractivity contribution >= 4 is 5.97 Å². The predicted octanol–water partition coefficient (Wildman–Crippen LogP) is 3.48. The number of aliphatic carboxylic acids is 1. The maximum Gasteiger partial charge on any atom is 0.308 e. The van der Waals surface area contributed by atoms with Gasteiger partial charge in [0.1, 0.15) is 0 Å². The number of benzene rings is 1. The number of likely N-dealkylation sites (N-methyl/N-ethyl adjacent to an activating group) is 1. The molecule has 0 amide bonds. The van der Waals surface area contributed by atoms with Crippen molar-refractivity contribution < 1.29 is 19.4 Å². The first-order valence-electron chi connectivity index (χ1n) is 8.94. The third kappa shape index (κ3) is 3.36. The van der Waals surface area contributed by atoms with Gasteiger partial charge in [0, 0.05) is 18.5 Å². The summed E-state index contributed by atoms with van der Waals surface area (Å²) in [5.41, 5.74) is 1.04. The maximum atomic E-state index is 12.0. The molecule has 0 bridgehead atoms. The Kier molecular flexibility index (Phi) is 5.29. The van der Waals surface area contributed by atoms with Crippen LogP contribution in [-0.2, 0) is 4.79 Å². The zero-order valence-electron chi connectivity index (χ0n) is 14.5. The summed E-state index contributed by atoms with van der Waals surface area (Å²) >= 11 is 0. The SMILES string of the molecule is CCCCCCC1C(C(=O)O)C(c2ccc3c(c2)OCO3)CN1C. The number of hydrogen-bond donors (Lipinski definition) is 1. The summed E-state index contributed by atoms with van der Waals surface area (Å²) in [5, 5.41) is 9.85. The Morgan fingerprint density at radius 1 is 1.25 bits per heavy atom. The van der Waals surface area contributed by atoms with Crippen molar-refractivity contribution in [2.24, 2.45) is 5.92 Å². The van der Waals surface area contributed by atoms with Gasteiger partial charge in [0.25, 0.3) is 0 Å². The van der Waals surface area contributed by atoms with Crippen LogP contribution in [0.4, 0.5) is 0 Å². The summed E-state index contributed by atoms with van der Waals surface area (Å²) in [6.45, 7) is 3.21. The van der Waals surface area contributed by atoms with Gasteiger partial charge in [-0.3, -0.25) is 4.79 Å². The fourth-order valence-electron chi connectivity index (χ4n) is 4.07. The minimum Gasteiger partial charge on any atom is -0.481 e. The molecule has 3 unspecified atom stereocenters. The van der Waals surface area contributed by atoms with Crippen LogP contribution in [0.3, 0.4) is 0 Å². The van der Waals surface area contributed by atoms with Crippen LogP contribution in [0.1, 0.15) is 50.5 Å². The highest BCUT2D eigenvalue weighted by Gasteiger charge is 2.44. The zero-order valence-corrected chi connectivity index (χ0v) is 14.5. The first kappa shape index (κ1) is 17.1. The average molecular weight is 333 g/mol. The molecule has 2 heterocycles. The predicted molar refractivity (Wildman–Crippen MR) is 91.6 cm³/mol. The van der Waals surface area contributed by atoms with Crippen LogP contribution in [0.15, 0.2) is 18.2 Å². The van der Waals surface area contributed by atoms with Crippen LogP contribution in [0.2, 0.25) is 0 Å². The van der Waals surface area contributed by atoms with Crippen LogP contribution < -0.4 is 9.47 Å². The highest BCUT2D eigenvalue weighted by atomic mass is 16.7. The minimum absolute atomic E-state index is 0.00169. The fraction of sp³-hybridized carbons (Fsp3) is 0.632. The zero-order chi connectivity index (χ0) is 17.1. The fourth-order valence-corrected chi connectivity index (χ4v) is 4.07. The van der Waals surface area contributed by atoms with Crippen molar-refractivity contribution in [3.05, 3.63) is 23.8 Å². The van der Waals surface area contributed by atoms with Crippen LogP contribution in [0.25, 0.3) is 0 Å². The Morgan fingerprint density at radius 2 is 2.04 bits per heavy atom. The molecule has 24 heavy (non-hydrogen) atoms. The highest BCUT2D eigenvalue weighted by molar-refractivity contribution is 5.73. The van der Waals surface area contributed by atoms with E-state index in [1.54, 1.807) is 0 Å². The Morgan fingerprint density at radius 3 is 2.79 bits per heavy atom. The van der Waals surface area contributed by atoms with E-state index in [0.29, 0.717) is 0 Å². The molecule has 0 aromatic heterocycles. The quantitative estimate of drug-likeness (QED) is 0.774. The summed E-state index contributed by atoms with van der Waals surface area (Å²) in [6.07, 6.45) is 5.65. The monoisotopic (exact) mass is 333 g/mol.